The zero-order valence-electron chi connectivity index (χ0n) is 14.7. The number of ether oxygens (including phenoxy) is 2. The molecule has 1 heterocycles. The second kappa shape index (κ2) is 7.86. The Labute approximate surface area is 155 Å². The lowest BCUT2D eigenvalue weighted by Crippen LogP contribution is -2.23. The Balaban J connectivity index is 1.67. The molecule has 0 N–H and O–H groups in total. The molecule has 1 saturated heterocycles. The van der Waals surface area contributed by atoms with Crippen molar-refractivity contribution < 1.29 is 24.0 Å². The van der Waals surface area contributed by atoms with Crippen LogP contribution in [0.25, 0.3) is 0 Å². The Bertz CT molecular complexity index is 878. The van der Waals surface area contributed by atoms with Gasteiger partial charge in [-0.3, -0.25) is 19.7 Å². The summed E-state index contributed by atoms with van der Waals surface area (Å²) >= 11 is 0. The molecule has 0 spiro atoms. The van der Waals surface area contributed by atoms with E-state index in [1.807, 2.05) is 0 Å². The maximum absolute atomic E-state index is 12.3. The number of anilines is 1. The number of rotatable bonds is 7. The smallest absolute Gasteiger partial charge is 0.314 e. The first kappa shape index (κ1) is 18.4. The van der Waals surface area contributed by atoms with Gasteiger partial charge in [-0.2, -0.15) is 0 Å². The molecule has 0 aliphatic carbocycles. The summed E-state index contributed by atoms with van der Waals surface area (Å²) < 4.78 is 10.3. The third-order valence-corrected chi connectivity index (χ3v) is 4.30. The highest BCUT2D eigenvalue weighted by atomic mass is 16.6. The van der Waals surface area contributed by atoms with E-state index >= 15 is 0 Å². The van der Waals surface area contributed by atoms with Crippen LogP contribution in [0.1, 0.15) is 23.2 Å². The highest BCUT2D eigenvalue weighted by molar-refractivity contribution is 5.99. The number of ketones is 1. The molecule has 1 aliphatic rings. The molecule has 0 bridgehead atoms. The fourth-order valence-corrected chi connectivity index (χ4v) is 2.86. The molecule has 0 radical (unpaired) electrons. The fourth-order valence-electron chi connectivity index (χ4n) is 2.86. The van der Waals surface area contributed by atoms with E-state index in [-0.39, 0.29) is 29.7 Å². The minimum Gasteiger partial charge on any atom is -0.496 e. The van der Waals surface area contributed by atoms with E-state index in [9.17, 15) is 19.7 Å². The number of nitrogens with zero attached hydrogens (tertiary/aromatic N) is 2. The minimum absolute atomic E-state index is 0.00608. The van der Waals surface area contributed by atoms with Gasteiger partial charge in [-0.15, -0.1) is 0 Å². The molecule has 0 saturated carbocycles. The van der Waals surface area contributed by atoms with Gasteiger partial charge in [-0.05, 0) is 42.8 Å². The molecule has 3 rings (SSSR count). The molecule has 27 heavy (non-hydrogen) atoms. The number of hydrogen-bond acceptors (Lipinski definition) is 6. The molecule has 0 unspecified atom stereocenters. The minimum atomic E-state index is -0.593. The lowest BCUT2D eigenvalue weighted by molar-refractivity contribution is -0.385. The summed E-state index contributed by atoms with van der Waals surface area (Å²) in [6, 6.07) is 10.8. The highest BCUT2D eigenvalue weighted by Gasteiger charge is 2.22. The van der Waals surface area contributed by atoms with Crippen LogP contribution in [0, 0.1) is 10.1 Å². The van der Waals surface area contributed by atoms with Crippen LogP contribution in [0.5, 0.6) is 11.5 Å². The summed E-state index contributed by atoms with van der Waals surface area (Å²) in [6.45, 7) is 0.339. The molecule has 0 aromatic heterocycles. The van der Waals surface area contributed by atoms with Crippen molar-refractivity contribution in [3.8, 4) is 11.5 Å². The number of nitro groups is 1. The van der Waals surface area contributed by atoms with Crippen LogP contribution in [0.2, 0.25) is 0 Å². The summed E-state index contributed by atoms with van der Waals surface area (Å²) in [5.74, 6) is 0.0736. The van der Waals surface area contributed by atoms with Crippen molar-refractivity contribution in [3.63, 3.8) is 0 Å². The Kier molecular flexibility index (Phi) is 5.35. The average molecular weight is 370 g/mol. The van der Waals surface area contributed by atoms with Gasteiger partial charge >= 0.3 is 5.69 Å². The number of amides is 1. The molecular formula is C19H18N2O6. The van der Waals surface area contributed by atoms with Gasteiger partial charge in [0.05, 0.1) is 18.1 Å². The van der Waals surface area contributed by atoms with Gasteiger partial charge < -0.3 is 14.4 Å². The number of carbonyl (C=O) groups excluding carboxylic acids is 2. The number of benzene rings is 2. The monoisotopic (exact) mass is 370 g/mol. The number of Topliss-reactive ketones (excluding diaryl/α,β-unsaturated/α-hetero) is 1. The molecule has 2 aromatic carbocycles. The van der Waals surface area contributed by atoms with E-state index in [2.05, 4.69) is 0 Å². The van der Waals surface area contributed by atoms with E-state index in [1.54, 1.807) is 29.2 Å². The van der Waals surface area contributed by atoms with Crippen LogP contribution in [0.15, 0.2) is 42.5 Å². The van der Waals surface area contributed by atoms with Gasteiger partial charge in [0, 0.05) is 24.2 Å². The molecular weight excluding hydrogens is 352 g/mol. The highest BCUT2D eigenvalue weighted by Crippen LogP contribution is 2.31. The third kappa shape index (κ3) is 4.05. The normalized spacial score (nSPS) is 13.5. The molecule has 0 atom stereocenters. The van der Waals surface area contributed by atoms with Crippen LogP contribution in [0.3, 0.4) is 0 Å². The first-order valence-electron chi connectivity index (χ1n) is 8.38. The number of methoxy groups -OCH3 is 1. The predicted octanol–water partition coefficient (Wildman–Crippen LogP) is 2.99. The van der Waals surface area contributed by atoms with Crippen molar-refractivity contribution in [3.05, 3.63) is 58.1 Å². The zero-order chi connectivity index (χ0) is 19.4. The molecule has 1 amide bonds. The van der Waals surface area contributed by atoms with E-state index < -0.39 is 4.92 Å². The Hall–Kier alpha value is -3.42. The fraction of sp³-hybridized carbons (Fsp3) is 0.263. The topological polar surface area (TPSA) is 99.0 Å². The average Bonchev–Trinajstić information content (AvgIpc) is 3.12. The number of carbonyl (C=O) groups is 2. The van der Waals surface area contributed by atoms with Crippen molar-refractivity contribution in [2.24, 2.45) is 0 Å². The SMILES string of the molecule is COc1ccc(OCC(=O)c2ccc(N3CCCC3=O)cc2)c([N+](=O)[O-])c1. The van der Waals surface area contributed by atoms with Gasteiger partial charge in [0.15, 0.2) is 18.1 Å². The van der Waals surface area contributed by atoms with Gasteiger partial charge in [0.2, 0.25) is 5.91 Å². The molecule has 8 nitrogen and oxygen atoms in total. The van der Waals surface area contributed by atoms with E-state index in [4.69, 9.17) is 9.47 Å². The third-order valence-electron chi connectivity index (χ3n) is 4.30. The Morgan fingerprint density at radius 2 is 1.96 bits per heavy atom. The zero-order valence-corrected chi connectivity index (χ0v) is 14.7. The Morgan fingerprint density at radius 1 is 1.22 bits per heavy atom. The van der Waals surface area contributed by atoms with E-state index in [1.165, 1.54) is 25.3 Å². The first-order valence-corrected chi connectivity index (χ1v) is 8.38. The molecule has 1 fully saturated rings. The second-order valence-electron chi connectivity index (χ2n) is 6.00. The number of nitro benzene ring substituents is 1. The summed E-state index contributed by atoms with van der Waals surface area (Å²) in [6.07, 6.45) is 1.36. The summed E-state index contributed by atoms with van der Waals surface area (Å²) in [4.78, 5) is 36.3. The van der Waals surface area contributed by atoms with Crippen LogP contribution in [-0.2, 0) is 4.79 Å². The van der Waals surface area contributed by atoms with Crippen molar-refractivity contribution in [2.75, 3.05) is 25.2 Å². The van der Waals surface area contributed by atoms with Gasteiger partial charge in [0.1, 0.15) is 5.75 Å². The maximum Gasteiger partial charge on any atom is 0.314 e. The predicted molar refractivity (Wildman–Crippen MR) is 97.5 cm³/mol. The van der Waals surface area contributed by atoms with Crippen molar-refractivity contribution in [2.45, 2.75) is 12.8 Å². The molecule has 1 aliphatic heterocycles. The van der Waals surface area contributed by atoms with Crippen LogP contribution >= 0.6 is 0 Å². The quantitative estimate of drug-likeness (QED) is 0.422. The summed E-state index contributed by atoms with van der Waals surface area (Å²) in [7, 11) is 1.41. The lowest BCUT2D eigenvalue weighted by Gasteiger charge is -2.15. The van der Waals surface area contributed by atoms with Gasteiger partial charge in [-0.1, -0.05) is 0 Å². The Morgan fingerprint density at radius 3 is 2.56 bits per heavy atom. The largest absolute Gasteiger partial charge is 0.496 e. The molecule has 2 aromatic rings. The van der Waals surface area contributed by atoms with Crippen LogP contribution in [-0.4, -0.2) is 36.9 Å². The number of hydrogen-bond donors (Lipinski definition) is 0. The summed E-state index contributed by atoms with van der Waals surface area (Å²) in [5, 5.41) is 11.1. The maximum atomic E-state index is 12.3. The van der Waals surface area contributed by atoms with Crippen molar-refractivity contribution in [1.29, 1.82) is 0 Å². The standard InChI is InChI=1S/C19H18N2O6/c1-26-15-8-9-18(16(11-15)21(24)25)27-12-17(22)13-4-6-14(7-5-13)20-10-2-3-19(20)23/h4-9,11H,2-3,10,12H2,1H3. The van der Waals surface area contributed by atoms with Gasteiger partial charge in [0.25, 0.3) is 0 Å². The summed E-state index contributed by atoms with van der Waals surface area (Å²) in [5.41, 5.74) is 0.882. The second-order valence-corrected chi connectivity index (χ2v) is 6.00. The van der Waals surface area contributed by atoms with Crippen LogP contribution in [0.4, 0.5) is 11.4 Å². The van der Waals surface area contributed by atoms with E-state index in [0.717, 1.165) is 12.1 Å². The molecule has 8 heteroatoms. The molecule has 140 valence electrons. The van der Waals surface area contributed by atoms with Gasteiger partial charge in [-0.25, -0.2) is 0 Å². The lowest BCUT2D eigenvalue weighted by atomic mass is 10.1. The first-order chi connectivity index (χ1) is 13.0. The van der Waals surface area contributed by atoms with Crippen molar-refractivity contribution in [1.82, 2.24) is 0 Å². The van der Waals surface area contributed by atoms with Crippen LogP contribution < -0.4 is 14.4 Å². The van der Waals surface area contributed by atoms with E-state index in [0.29, 0.717) is 24.3 Å². The van der Waals surface area contributed by atoms with Crippen molar-refractivity contribution >= 4 is 23.1 Å².